The number of benzene rings is 1. The van der Waals surface area contributed by atoms with E-state index in [0.29, 0.717) is 6.04 Å². The third-order valence-corrected chi connectivity index (χ3v) is 3.39. The zero-order valence-electron chi connectivity index (χ0n) is 11.7. The van der Waals surface area contributed by atoms with Gasteiger partial charge in [-0.3, -0.25) is 0 Å². The van der Waals surface area contributed by atoms with Gasteiger partial charge in [-0.2, -0.15) is 0 Å². The molecular weight excluding hydrogens is 307 g/mol. The number of piperidine rings is 1. The molecule has 114 valence electrons. The van der Waals surface area contributed by atoms with E-state index in [1.165, 1.54) is 0 Å². The molecule has 1 aliphatic rings. The molecule has 1 aliphatic heterocycles. The maximum absolute atomic E-state index is 4.43. The van der Waals surface area contributed by atoms with Gasteiger partial charge in [0.15, 0.2) is 5.82 Å². The number of aromatic nitrogens is 2. The number of rotatable bonds is 3. The minimum Gasteiger partial charge on any atom is -0.380 e. The fraction of sp³-hybridized carbons (Fsp3) is 0.333. The Bertz CT molecular complexity index is 513. The maximum Gasteiger partial charge on any atom is 0.159 e. The van der Waals surface area contributed by atoms with Gasteiger partial charge in [0.05, 0.1) is 18.1 Å². The highest BCUT2D eigenvalue weighted by Gasteiger charge is 2.12. The third-order valence-electron chi connectivity index (χ3n) is 3.39. The smallest absolute Gasteiger partial charge is 0.159 e. The van der Waals surface area contributed by atoms with Crippen molar-refractivity contribution in [1.29, 1.82) is 0 Å². The van der Waals surface area contributed by atoms with Crippen molar-refractivity contribution in [2.45, 2.75) is 18.9 Å². The molecule has 3 rings (SSSR count). The Morgan fingerprint density at radius 3 is 2.19 bits per heavy atom. The standard InChI is InChI=1S/C15H18N4.2ClH/c1-2-4-12(5-3-1)15-17-10-14(11-18-15)19-13-6-8-16-9-7-13;;/h1-5,10-11,13,16,19H,6-9H2;2*1H. The summed E-state index contributed by atoms with van der Waals surface area (Å²) in [6, 6.07) is 10.6. The molecule has 0 atom stereocenters. The van der Waals surface area contributed by atoms with Crippen LogP contribution in [0.4, 0.5) is 5.69 Å². The van der Waals surface area contributed by atoms with E-state index in [1.54, 1.807) is 0 Å². The average Bonchev–Trinajstić information content (AvgIpc) is 2.50. The molecule has 1 fully saturated rings. The Balaban J connectivity index is 0.00000110. The average molecular weight is 327 g/mol. The van der Waals surface area contributed by atoms with E-state index >= 15 is 0 Å². The molecule has 4 nitrogen and oxygen atoms in total. The molecular formula is C15H20Cl2N4. The molecule has 1 saturated heterocycles. The number of hydrogen-bond acceptors (Lipinski definition) is 4. The molecule has 0 amide bonds. The van der Waals surface area contributed by atoms with Gasteiger partial charge >= 0.3 is 0 Å². The van der Waals surface area contributed by atoms with Crippen LogP contribution in [0.1, 0.15) is 12.8 Å². The Hall–Kier alpha value is -1.36. The van der Waals surface area contributed by atoms with Gasteiger partial charge in [0, 0.05) is 11.6 Å². The molecule has 0 aliphatic carbocycles. The highest BCUT2D eigenvalue weighted by atomic mass is 35.5. The lowest BCUT2D eigenvalue weighted by Gasteiger charge is -2.24. The third kappa shape index (κ3) is 4.84. The first-order valence-corrected chi connectivity index (χ1v) is 6.76. The highest BCUT2D eigenvalue weighted by Crippen LogP contribution is 2.16. The molecule has 2 heterocycles. The van der Waals surface area contributed by atoms with Crippen LogP contribution in [0.15, 0.2) is 42.7 Å². The van der Waals surface area contributed by atoms with Crippen LogP contribution in [0.2, 0.25) is 0 Å². The summed E-state index contributed by atoms with van der Waals surface area (Å²) in [5, 5.41) is 6.85. The predicted octanol–water partition coefficient (Wildman–Crippen LogP) is 3.15. The summed E-state index contributed by atoms with van der Waals surface area (Å²) in [4.78, 5) is 8.85. The van der Waals surface area contributed by atoms with Crippen LogP contribution in [0.3, 0.4) is 0 Å². The zero-order valence-corrected chi connectivity index (χ0v) is 13.3. The summed E-state index contributed by atoms with van der Waals surface area (Å²) in [6.07, 6.45) is 6.05. The molecule has 0 radical (unpaired) electrons. The number of hydrogen-bond donors (Lipinski definition) is 2. The van der Waals surface area contributed by atoms with Gasteiger partial charge in [-0.15, -0.1) is 24.8 Å². The van der Waals surface area contributed by atoms with Gasteiger partial charge in [-0.25, -0.2) is 9.97 Å². The lowest BCUT2D eigenvalue weighted by molar-refractivity contribution is 0.479. The fourth-order valence-electron chi connectivity index (χ4n) is 2.34. The number of anilines is 1. The van der Waals surface area contributed by atoms with Crippen molar-refractivity contribution < 1.29 is 0 Å². The first-order chi connectivity index (χ1) is 9.42. The zero-order chi connectivity index (χ0) is 12.9. The molecule has 0 unspecified atom stereocenters. The SMILES string of the molecule is Cl.Cl.c1ccc(-c2ncc(NC3CCNCC3)cn2)cc1. The van der Waals surface area contributed by atoms with E-state index in [4.69, 9.17) is 0 Å². The largest absolute Gasteiger partial charge is 0.380 e. The van der Waals surface area contributed by atoms with Crippen molar-refractivity contribution in [1.82, 2.24) is 15.3 Å². The summed E-state index contributed by atoms with van der Waals surface area (Å²) >= 11 is 0. The minimum absolute atomic E-state index is 0. The van der Waals surface area contributed by atoms with E-state index in [2.05, 4.69) is 20.6 Å². The first-order valence-electron chi connectivity index (χ1n) is 6.76. The van der Waals surface area contributed by atoms with Crippen LogP contribution >= 0.6 is 24.8 Å². The van der Waals surface area contributed by atoms with Gasteiger partial charge in [-0.05, 0) is 25.9 Å². The molecule has 0 spiro atoms. The van der Waals surface area contributed by atoms with E-state index in [-0.39, 0.29) is 24.8 Å². The topological polar surface area (TPSA) is 49.8 Å². The van der Waals surface area contributed by atoms with Crippen molar-refractivity contribution in [2.24, 2.45) is 0 Å². The Labute approximate surface area is 137 Å². The Morgan fingerprint density at radius 1 is 0.952 bits per heavy atom. The second kappa shape index (κ2) is 8.82. The predicted molar refractivity (Wildman–Crippen MR) is 91.5 cm³/mol. The van der Waals surface area contributed by atoms with Crippen LogP contribution in [-0.2, 0) is 0 Å². The van der Waals surface area contributed by atoms with Crippen LogP contribution in [0.5, 0.6) is 0 Å². The molecule has 21 heavy (non-hydrogen) atoms. The number of nitrogens with one attached hydrogen (secondary N) is 2. The molecule has 0 saturated carbocycles. The van der Waals surface area contributed by atoms with Crippen molar-refractivity contribution in [3.63, 3.8) is 0 Å². The lowest BCUT2D eigenvalue weighted by atomic mass is 10.1. The maximum atomic E-state index is 4.43. The second-order valence-corrected chi connectivity index (χ2v) is 4.83. The van der Waals surface area contributed by atoms with E-state index in [9.17, 15) is 0 Å². The second-order valence-electron chi connectivity index (χ2n) is 4.83. The molecule has 2 N–H and O–H groups in total. The van der Waals surface area contributed by atoms with E-state index in [1.807, 2.05) is 42.7 Å². The van der Waals surface area contributed by atoms with Crippen molar-refractivity contribution in [3.05, 3.63) is 42.7 Å². The molecule has 1 aromatic heterocycles. The van der Waals surface area contributed by atoms with E-state index < -0.39 is 0 Å². The summed E-state index contributed by atoms with van der Waals surface area (Å²) in [5.74, 6) is 0.775. The monoisotopic (exact) mass is 326 g/mol. The summed E-state index contributed by atoms with van der Waals surface area (Å²) in [7, 11) is 0. The Kier molecular flexibility index (Phi) is 7.43. The van der Waals surface area contributed by atoms with Crippen LogP contribution in [0, 0.1) is 0 Å². The first kappa shape index (κ1) is 17.7. The molecule has 2 aromatic rings. The normalized spacial score (nSPS) is 14.7. The number of nitrogens with zero attached hydrogens (tertiary/aromatic N) is 2. The molecule has 1 aromatic carbocycles. The van der Waals surface area contributed by atoms with Gasteiger partial charge < -0.3 is 10.6 Å². The molecule has 0 bridgehead atoms. The minimum atomic E-state index is 0. The fourth-order valence-corrected chi connectivity index (χ4v) is 2.34. The molecule has 6 heteroatoms. The van der Waals surface area contributed by atoms with Gasteiger partial charge in [0.2, 0.25) is 0 Å². The summed E-state index contributed by atoms with van der Waals surface area (Å²) < 4.78 is 0. The summed E-state index contributed by atoms with van der Waals surface area (Å²) in [6.45, 7) is 2.17. The van der Waals surface area contributed by atoms with Crippen LogP contribution < -0.4 is 10.6 Å². The number of halogens is 2. The van der Waals surface area contributed by atoms with Crippen molar-refractivity contribution in [2.75, 3.05) is 18.4 Å². The highest BCUT2D eigenvalue weighted by molar-refractivity contribution is 5.85. The quantitative estimate of drug-likeness (QED) is 0.909. The Morgan fingerprint density at radius 2 is 1.57 bits per heavy atom. The van der Waals surface area contributed by atoms with Gasteiger partial charge in [0.25, 0.3) is 0 Å². The van der Waals surface area contributed by atoms with E-state index in [0.717, 1.165) is 43.0 Å². The van der Waals surface area contributed by atoms with Crippen molar-refractivity contribution in [3.8, 4) is 11.4 Å². The van der Waals surface area contributed by atoms with Crippen LogP contribution in [-0.4, -0.2) is 29.1 Å². The van der Waals surface area contributed by atoms with Crippen molar-refractivity contribution >= 4 is 30.5 Å². The van der Waals surface area contributed by atoms with Crippen LogP contribution in [0.25, 0.3) is 11.4 Å². The lowest BCUT2D eigenvalue weighted by Crippen LogP contribution is -2.35. The summed E-state index contributed by atoms with van der Waals surface area (Å²) in [5.41, 5.74) is 2.06. The van der Waals surface area contributed by atoms with Gasteiger partial charge in [0.1, 0.15) is 0 Å². The van der Waals surface area contributed by atoms with Gasteiger partial charge in [-0.1, -0.05) is 30.3 Å².